The van der Waals surface area contributed by atoms with Crippen LogP contribution in [0.3, 0.4) is 0 Å². The number of benzene rings is 1. The highest BCUT2D eigenvalue weighted by Gasteiger charge is 2.34. The summed E-state index contributed by atoms with van der Waals surface area (Å²) in [5.41, 5.74) is 1.14. The Morgan fingerprint density at radius 1 is 1.00 bits per heavy atom. The molecule has 3 fully saturated rings. The highest BCUT2D eigenvalue weighted by Crippen LogP contribution is 2.31. The van der Waals surface area contributed by atoms with Crippen molar-refractivity contribution in [1.82, 2.24) is 15.1 Å². The molecule has 0 bridgehead atoms. The first kappa shape index (κ1) is 25.6. The van der Waals surface area contributed by atoms with Crippen LogP contribution in [0.4, 0.5) is 10.5 Å². The summed E-state index contributed by atoms with van der Waals surface area (Å²) in [4.78, 5) is 31.2. The number of carbonyl (C=O) groups is 2. The van der Waals surface area contributed by atoms with Gasteiger partial charge in [-0.3, -0.25) is 9.69 Å². The topological polar surface area (TPSA) is 85.4 Å². The smallest absolute Gasteiger partial charge is 0.317 e. The first-order chi connectivity index (χ1) is 17.0. The van der Waals surface area contributed by atoms with E-state index in [2.05, 4.69) is 21.2 Å². The number of nitrogens with one attached hydrogen (secondary N) is 1. The summed E-state index contributed by atoms with van der Waals surface area (Å²) in [6.45, 7) is 6.10. The molecule has 0 aromatic heterocycles. The lowest BCUT2D eigenvalue weighted by atomic mass is 9.81. The number of urea groups is 1. The van der Waals surface area contributed by atoms with Crippen LogP contribution in [0.15, 0.2) is 24.3 Å². The number of carboxylic acid groups (broad SMARTS) is 1. The second kappa shape index (κ2) is 12.5. The summed E-state index contributed by atoms with van der Waals surface area (Å²) in [5, 5.41) is 12.7. The predicted molar refractivity (Wildman–Crippen MR) is 137 cm³/mol. The second-order valence-electron chi connectivity index (χ2n) is 10.4. The molecule has 2 atom stereocenters. The quantitative estimate of drug-likeness (QED) is 0.583. The summed E-state index contributed by atoms with van der Waals surface area (Å²) in [7, 11) is 1.71. The number of piperazine rings is 1. The number of likely N-dealkylation sites (tertiary alicyclic amines) is 1. The van der Waals surface area contributed by atoms with Gasteiger partial charge in [0.05, 0.1) is 12.8 Å². The fourth-order valence-electron chi connectivity index (χ4n) is 6.05. The molecule has 0 radical (unpaired) electrons. The number of nitrogens with zero attached hydrogens (tertiary/aromatic N) is 3. The monoisotopic (exact) mass is 486 g/mol. The first-order valence-corrected chi connectivity index (χ1v) is 13.4. The largest absolute Gasteiger partial charge is 0.495 e. The van der Waals surface area contributed by atoms with E-state index in [4.69, 9.17) is 4.74 Å². The number of para-hydroxylation sites is 2. The zero-order valence-corrected chi connectivity index (χ0v) is 21.2. The number of carboxylic acids is 1. The Balaban J connectivity index is 1.28. The van der Waals surface area contributed by atoms with Gasteiger partial charge in [-0.05, 0) is 56.2 Å². The summed E-state index contributed by atoms with van der Waals surface area (Å²) in [6, 6.07) is 8.50. The van der Waals surface area contributed by atoms with Crippen LogP contribution in [-0.4, -0.2) is 85.9 Å². The zero-order valence-electron chi connectivity index (χ0n) is 21.2. The van der Waals surface area contributed by atoms with Gasteiger partial charge in [0.1, 0.15) is 5.75 Å². The molecule has 1 aliphatic carbocycles. The molecule has 2 saturated heterocycles. The Morgan fingerprint density at radius 3 is 2.46 bits per heavy atom. The van der Waals surface area contributed by atoms with E-state index < -0.39 is 5.97 Å². The van der Waals surface area contributed by atoms with Crippen molar-refractivity contribution < 1.29 is 19.4 Å². The maximum Gasteiger partial charge on any atom is 0.317 e. The number of hydrogen-bond donors (Lipinski definition) is 2. The van der Waals surface area contributed by atoms with E-state index in [-0.39, 0.29) is 24.3 Å². The second-order valence-corrected chi connectivity index (χ2v) is 10.4. The SMILES string of the molecule is COc1ccccc1N1CCN(CC[C@@H]2CN(C(=O)NC3CCCCC3)CC[C@H]2CC(=O)O)CC1. The molecule has 0 spiro atoms. The third-order valence-electron chi connectivity index (χ3n) is 8.16. The van der Waals surface area contributed by atoms with Gasteiger partial charge in [-0.1, -0.05) is 31.4 Å². The van der Waals surface area contributed by atoms with E-state index >= 15 is 0 Å². The molecule has 8 nitrogen and oxygen atoms in total. The number of piperidine rings is 1. The van der Waals surface area contributed by atoms with Crippen LogP contribution in [0, 0.1) is 11.8 Å². The summed E-state index contributed by atoms with van der Waals surface area (Å²) in [5.74, 6) is 0.544. The lowest BCUT2D eigenvalue weighted by Gasteiger charge is -2.41. The number of ether oxygens (including phenoxy) is 1. The maximum absolute atomic E-state index is 12.9. The molecule has 4 rings (SSSR count). The molecule has 1 saturated carbocycles. The standard InChI is InChI=1S/C27H42N4O4/c1-35-25-10-6-5-9-24(25)30-17-15-29(16-18-30)13-11-22-20-31(14-12-21(22)19-26(32)33)27(34)28-23-7-3-2-4-8-23/h5-6,9-10,21-23H,2-4,7-8,11-20H2,1H3,(H,28,34)(H,32,33)/t21-,22+/m0/s1. The predicted octanol–water partition coefficient (Wildman–Crippen LogP) is 3.66. The van der Waals surface area contributed by atoms with Gasteiger partial charge in [0.15, 0.2) is 0 Å². The van der Waals surface area contributed by atoms with Gasteiger partial charge < -0.3 is 25.0 Å². The van der Waals surface area contributed by atoms with Gasteiger partial charge in [0.25, 0.3) is 0 Å². The zero-order chi connectivity index (χ0) is 24.6. The molecule has 2 amide bonds. The number of carbonyl (C=O) groups excluding carboxylic acids is 1. The molecular weight excluding hydrogens is 444 g/mol. The van der Waals surface area contributed by atoms with E-state index in [9.17, 15) is 14.7 Å². The Bertz CT molecular complexity index is 836. The van der Waals surface area contributed by atoms with Crippen LogP contribution in [-0.2, 0) is 4.79 Å². The van der Waals surface area contributed by atoms with Crippen LogP contribution >= 0.6 is 0 Å². The van der Waals surface area contributed by atoms with Crippen LogP contribution in [0.2, 0.25) is 0 Å². The average Bonchev–Trinajstić information content (AvgIpc) is 2.88. The summed E-state index contributed by atoms with van der Waals surface area (Å²) >= 11 is 0. The lowest BCUT2D eigenvalue weighted by molar-refractivity contribution is -0.139. The minimum absolute atomic E-state index is 0.0427. The van der Waals surface area contributed by atoms with Crippen molar-refractivity contribution in [3.8, 4) is 5.75 Å². The van der Waals surface area contributed by atoms with Crippen molar-refractivity contribution in [2.24, 2.45) is 11.8 Å². The maximum atomic E-state index is 12.9. The molecule has 194 valence electrons. The fraction of sp³-hybridized carbons (Fsp3) is 0.704. The number of hydrogen-bond acceptors (Lipinski definition) is 5. The Labute approximate surface area is 209 Å². The van der Waals surface area contributed by atoms with E-state index in [0.29, 0.717) is 19.1 Å². The Hall–Kier alpha value is -2.48. The molecule has 1 aromatic carbocycles. The molecule has 2 aliphatic heterocycles. The van der Waals surface area contributed by atoms with Crippen molar-refractivity contribution in [3.63, 3.8) is 0 Å². The highest BCUT2D eigenvalue weighted by molar-refractivity contribution is 5.74. The highest BCUT2D eigenvalue weighted by atomic mass is 16.5. The van der Waals surface area contributed by atoms with E-state index in [0.717, 1.165) is 69.8 Å². The third-order valence-corrected chi connectivity index (χ3v) is 8.16. The summed E-state index contributed by atoms with van der Waals surface area (Å²) < 4.78 is 5.53. The van der Waals surface area contributed by atoms with E-state index in [1.54, 1.807) is 7.11 Å². The van der Waals surface area contributed by atoms with Crippen molar-refractivity contribution in [1.29, 1.82) is 0 Å². The van der Waals surface area contributed by atoms with Crippen molar-refractivity contribution >= 4 is 17.7 Å². The van der Waals surface area contributed by atoms with E-state index in [1.807, 2.05) is 23.1 Å². The van der Waals surface area contributed by atoms with E-state index in [1.165, 1.54) is 19.3 Å². The summed E-state index contributed by atoms with van der Waals surface area (Å²) in [6.07, 6.45) is 7.71. The van der Waals surface area contributed by atoms with Gasteiger partial charge >= 0.3 is 12.0 Å². The number of rotatable bonds is 8. The fourth-order valence-corrected chi connectivity index (χ4v) is 6.05. The van der Waals surface area contributed by atoms with Gasteiger partial charge in [0, 0.05) is 51.7 Å². The molecule has 2 N–H and O–H groups in total. The van der Waals surface area contributed by atoms with Crippen molar-refractivity contribution in [2.75, 3.05) is 57.8 Å². The van der Waals surface area contributed by atoms with Crippen LogP contribution in [0.5, 0.6) is 5.75 Å². The number of aliphatic carboxylic acids is 1. The van der Waals surface area contributed by atoms with Gasteiger partial charge in [-0.25, -0.2) is 4.79 Å². The number of methoxy groups -OCH3 is 1. The Kier molecular flexibility index (Phi) is 9.12. The molecule has 1 aromatic rings. The van der Waals surface area contributed by atoms with Crippen LogP contribution in [0.25, 0.3) is 0 Å². The van der Waals surface area contributed by atoms with Crippen LogP contribution < -0.4 is 15.0 Å². The molecule has 0 unspecified atom stereocenters. The Morgan fingerprint density at radius 2 is 1.74 bits per heavy atom. The molecule has 3 aliphatic rings. The third kappa shape index (κ3) is 7.03. The van der Waals surface area contributed by atoms with Gasteiger partial charge in [0.2, 0.25) is 0 Å². The number of amides is 2. The first-order valence-electron chi connectivity index (χ1n) is 13.4. The minimum Gasteiger partial charge on any atom is -0.495 e. The van der Waals surface area contributed by atoms with Crippen LogP contribution in [0.1, 0.15) is 51.4 Å². The van der Waals surface area contributed by atoms with Crippen molar-refractivity contribution in [2.45, 2.75) is 57.4 Å². The molecular formula is C27H42N4O4. The van der Waals surface area contributed by atoms with Gasteiger partial charge in [-0.2, -0.15) is 0 Å². The van der Waals surface area contributed by atoms with Crippen molar-refractivity contribution in [3.05, 3.63) is 24.3 Å². The average molecular weight is 487 g/mol. The lowest BCUT2D eigenvalue weighted by Crippen LogP contribution is -2.52. The van der Waals surface area contributed by atoms with Gasteiger partial charge in [-0.15, -0.1) is 0 Å². The molecule has 2 heterocycles. The molecule has 8 heteroatoms. The number of anilines is 1. The molecule has 35 heavy (non-hydrogen) atoms. The minimum atomic E-state index is -0.731. The normalized spacial score (nSPS) is 24.3.